The first-order valence-electron chi connectivity index (χ1n) is 6.58. The summed E-state index contributed by atoms with van der Waals surface area (Å²) in [6.07, 6.45) is 2.28. The second kappa shape index (κ2) is 5.98. The molecule has 1 aromatic carbocycles. The normalized spacial score (nSPS) is 13.1. The fraction of sp³-hybridized carbons (Fsp3) is 0.500. The minimum atomic E-state index is -0.430. The van der Waals surface area contributed by atoms with Crippen LogP contribution in [0.15, 0.2) is 24.3 Å². The summed E-state index contributed by atoms with van der Waals surface area (Å²) < 4.78 is 2.21. The van der Waals surface area contributed by atoms with Crippen molar-refractivity contribution in [1.82, 2.24) is 9.55 Å². The molecule has 98 valence electrons. The van der Waals surface area contributed by atoms with Gasteiger partial charge in [0, 0.05) is 19.5 Å². The number of fused-ring (bicyclic) bond motifs is 1. The largest absolute Gasteiger partial charge is 0.392 e. The lowest BCUT2D eigenvalue weighted by molar-refractivity contribution is 0.166. The molecule has 0 radical (unpaired) electrons. The molecular weight excluding hydrogens is 226 g/mol. The van der Waals surface area contributed by atoms with Crippen LogP contribution in [-0.2, 0) is 13.0 Å². The monoisotopic (exact) mass is 247 g/mol. The smallest absolute Gasteiger partial charge is 0.109 e. The number of hydrogen-bond donors (Lipinski definition) is 2. The zero-order chi connectivity index (χ0) is 13.0. The fourth-order valence-electron chi connectivity index (χ4n) is 2.19. The molecule has 0 saturated carbocycles. The second-order valence-electron chi connectivity index (χ2n) is 4.60. The van der Waals surface area contributed by atoms with Gasteiger partial charge in [0.15, 0.2) is 0 Å². The Kier molecular flexibility index (Phi) is 4.33. The van der Waals surface area contributed by atoms with Crippen LogP contribution in [0.1, 0.15) is 25.6 Å². The molecule has 2 rings (SSSR count). The van der Waals surface area contributed by atoms with Gasteiger partial charge in [-0.1, -0.05) is 19.1 Å². The summed E-state index contributed by atoms with van der Waals surface area (Å²) in [5, 5.41) is 9.59. The van der Waals surface area contributed by atoms with Crippen molar-refractivity contribution >= 4 is 11.0 Å². The van der Waals surface area contributed by atoms with E-state index in [2.05, 4.69) is 22.5 Å². The molecule has 2 aromatic rings. The van der Waals surface area contributed by atoms with Crippen molar-refractivity contribution < 1.29 is 5.11 Å². The van der Waals surface area contributed by atoms with Gasteiger partial charge in [0.1, 0.15) is 5.82 Å². The number of rotatable bonds is 6. The van der Waals surface area contributed by atoms with Crippen LogP contribution in [0.5, 0.6) is 0 Å². The summed E-state index contributed by atoms with van der Waals surface area (Å²) in [4.78, 5) is 4.66. The number of benzene rings is 1. The van der Waals surface area contributed by atoms with Gasteiger partial charge in [-0.05, 0) is 25.0 Å². The van der Waals surface area contributed by atoms with Crippen LogP contribution in [0.4, 0.5) is 0 Å². The van der Waals surface area contributed by atoms with Crippen LogP contribution < -0.4 is 5.73 Å². The molecular formula is C14H21N3O. The van der Waals surface area contributed by atoms with Gasteiger partial charge in [-0.15, -0.1) is 0 Å². The SMILES string of the molecule is CCCc1nc2ccccc2n1CCC(O)CN. The molecule has 0 aliphatic heterocycles. The average Bonchev–Trinajstić information content (AvgIpc) is 2.74. The maximum Gasteiger partial charge on any atom is 0.109 e. The third-order valence-electron chi connectivity index (χ3n) is 3.17. The van der Waals surface area contributed by atoms with Crippen LogP contribution >= 0.6 is 0 Å². The van der Waals surface area contributed by atoms with Gasteiger partial charge in [-0.2, -0.15) is 0 Å². The van der Waals surface area contributed by atoms with Gasteiger partial charge < -0.3 is 15.4 Å². The summed E-state index contributed by atoms with van der Waals surface area (Å²) >= 11 is 0. The molecule has 1 aromatic heterocycles. The van der Waals surface area contributed by atoms with E-state index in [1.165, 1.54) is 0 Å². The molecule has 0 saturated heterocycles. The molecule has 1 heterocycles. The maximum absolute atomic E-state index is 9.59. The van der Waals surface area contributed by atoms with Gasteiger partial charge in [0.25, 0.3) is 0 Å². The molecule has 1 atom stereocenters. The van der Waals surface area contributed by atoms with Crippen molar-refractivity contribution in [3.05, 3.63) is 30.1 Å². The molecule has 3 N–H and O–H groups in total. The van der Waals surface area contributed by atoms with Gasteiger partial charge in [-0.25, -0.2) is 4.98 Å². The first-order chi connectivity index (χ1) is 8.76. The zero-order valence-corrected chi connectivity index (χ0v) is 10.8. The van der Waals surface area contributed by atoms with Gasteiger partial charge in [-0.3, -0.25) is 0 Å². The molecule has 0 amide bonds. The van der Waals surface area contributed by atoms with E-state index in [-0.39, 0.29) is 0 Å². The summed E-state index contributed by atoms with van der Waals surface area (Å²) in [5.41, 5.74) is 7.62. The lowest BCUT2D eigenvalue weighted by atomic mass is 10.2. The summed E-state index contributed by atoms with van der Waals surface area (Å²) in [5.74, 6) is 1.10. The lowest BCUT2D eigenvalue weighted by Crippen LogP contribution is -2.21. The predicted molar refractivity (Wildman–Crippen MR) is 73.4 cm³/mol. The Labute approximate surface area is 107 Å². The van der Waals surface area contributed by atoms with E-state index in [0.29, 0.717) is 13.0 Å². The molecule has 4 nitrogen and oxygen atoms in total. The Morgan fingerprint density at radius 1 is 1.39 bits per heavy atom. The summed E-state index contributed by atoms with van der Waals surface area (Å²) in [6.45, 7) is 3.24. The highest BCUT2D eigenvalue weighted by Gasteiger charge is 2.10. The number of nitrogens with zero attached hydrogens (tertiary/aromatic N) is 2. The summed E-state index contributed by atoms with van der Waals surface area (Å²) in [6, 6.07) is 8.14. The Balaban J connectivity index is 2.29. The number of para-hydroxylation sites is 2. The van der Waals surface area contributed by atoms with Crippen LogP contribution in [0, 0.1) is 0 Å². The van der Waals surface area contributed by atoms with Gasteiger partial charge in [0.2, 0.25) is 0 Å². The van der Waals surface area contributed by atoms with E-state index < -0.39 is 6.10 Å². The molecule has 0 fully saturated rings. The topological polar surface area (TPSA) is 64.1 Å². The highest BCUT2D eigenvalue weighted by molar-refractivity contribution is 5.75. The predicted octanol–water partition coefficient (Wildman–Crippen LogP) is 1.70. The van der Waals surface area contributed by atoms with Crippen molar-refractivity contribution in [1.29, 1.82) is 0 Å². The van der Waals surface area contributed by atoms with Crippen molar-refractivity contribution in [2.75, 3.05) is 6.54 Å². The lowest BCUT2D eigenvalue weighted by Gasteiger charge is -2.11. The van der Waals surface area contributed by atoms with E-state index >= 15 is 0 Å². The maximum atomic E-state index is 9.59. The van der Waals surface area contributed by atoms with Crippen LogP contribution in [0.3, 0.4) is 0 Å². The number of hydrogen-bond acceptors (Lipinski definition) is 3. The average molecular weight is 247 g/mol. The van der Waals surface area contributed by atoms with Crippen molar-refractivity contribution in [3.63, 3.8) is 0 Å². The van der Waals surface area contributed by atoms with Crippen LogP contribution in [-0.4, -0.2) is 27.3 Å². The summed E-state index contributed by atoms with van der Waals surface area (Å²) in [7, 11) is 0. The Hall–Kier alpha value is -1.39. The van der Waals surface area contributed by atoms with Crippen molar-refractivity contribution in [3.8, 4) is 0 Å². The van der Waals surface area contributed by atoms with E-state index in [4.69, 9.17) is 5.73 Å². The molecule has 0 bridgehead atoms. The quantitative estimate of drug-likeness (QED) is 0.816. The van der Waals surface area contributed by atoms with Crippen LogP contribution in [0.2, 0.25) is 0 Å². The second-order valence-corrected chi connectivity index (χ2v) is 4.60. The Morgan fingerprint density at radius 2 is 2.17 bits per heavy atom. The van der Waals surface area contributed by atoms with E-state index in [1.807, 2.05) is 18.2 Å². The van der Waals surface area contributed by atoms with E-state index in [1.54, 1.807) is 0 Å². The third kappa shape index (κ3) is 2.71. The molecule has 0 spiro atoms. The molecule has 0 aliphatic carbocycles. The Morgan fingerprint density at radius 3 is 2.89 bits per heavy atom. The highest BCUT2D eigenvalue weighted by atomic mass is 16.3. The van der Waals surface area contributed by atoms with Crippen LogP contribution in [0.25, 0.3) is 11.0 Å². The number of aryl methyl sites for hydroxylation is 2. The van der Waals surface area contributed by atoms with E-state index in [9.17, 15) is 5.11 Å². The molecule has 0 aliphatic rings. The van der Waals surface area contributed by atoms with Crippen molar-refractivity contribution in [2.24, 2.45) is 5.73 Å². The van der Waals surface area contributed by atoms with E-state index in [0.717, 1.165) is 36.2 Å². The molecule has 1 unspecified atom stereocenters. The molecule has 4 heteroatoms. The highest BCUT2D eigenvalue weighted by Crippen LogP contribution is 2.17. The molecule has 18 heavy (non-hydrogen) atoms. The standard InChI is InChI=1S/C14H21N3O/c1-2-5-14-16-12-6-3-4-7-13(12)17(14)9-8-11(18)10-15/h3-4,6-7,11,18H,2,5,8-10,15H2,1H3. The first-order valence-corrected chi connectivity index (χ1v) is 6.58. The van der Waals surface area contributed by atoms with Crippen molar-refractivity contribution in [2.45, 2.75) is 38.8 Å². The number of aromatic nitrogens is 2. The Bertz CT molecular complexity index is 507. The number of nitrogens with two attached hydrogens (primary N) is 1. The first kappa shape index (κ1) is 13.1. The minimum absolute atomic E-state index is 0.315. The fourth-order valence-corrected chi connectivity index (χ4v) is 2.19. The third-order valence-corrected chi connectivity index (χ3v) is 3.17. The number of aliphatic hydroxyl groups excluding tert-OH is 1. The van der Waals surface area contributed by atoms with Gasteiger partial charge in [0.05, 0.1) is 17.1 Å². The minimum Gasteiger partial charge on any atom is -0.392 e. The zero-order valence-electron chi connectivity index (χ0n) is 10.8. The number of imidazole rings is 1. The number of aliphatic hydroxyl groups is 1. The van der Waals surface area contributed by atoms with Gasteiger partial charge >= 0.3 is 0 Å².